The van der Waals surface area contributed by atoms with Crippen molar-refractivity contribution in [2.24, 2.45) is 0 Å². The van der Waals surface area contributed by atoms with Crippen molar-refractivity contribution in [1.29, 1.82) is 0 Å². The molecule has 4 nitrogen and oxygen atoms in total. The number of aromatic nitrogens is 3. The van der Waals surface area contributed by atoms with E-state index in [2.05, 4.69) is 57.1 Å². The van der Waals surface area contributed by atoms with Crippen LogP contribution < -0.4 is 5.32 Å². The van der Waals surface area contributed by atoms with Crippen molar-refractivity contribution >= 4 is 40.1 Å². The lowest BCUT2D eigenvalue weighted by Crippen LogP contribution is -2.02. The first-order valence-electron chi connectivity index (χ1n) is 7.83. The quantitative estimate of drug-likeness (QED) is 0.703. The lowest BCUT2D eigenvalue weighted by atomic mass is 10.0. The normalized spacial score (nSPS) is 13.3. The van der Waals surface area contributed by atoms with E-state index in [1.807, 2.05) is 6.07 Å². The maximum absolute atomic E-state index is 5.85. The van der Waals surface area contributed by atoms with Crippen molar-refractivity contribution < 1.29 is 0 Å². The van der Waals surface area contributed by atoms with Crippen LogP contribution in [0.15, 0.2) is 36.5 Å². The van der Waals surface area contributed by atoms with Gasteiger partial charge < -0.3 is 9.88 Å². The first kappa shape index (κ1) is 14.3. The van der Waals surface area contributed by atoms with Gasteiger partial charge in [0.1, 0.15) is 5.82 Å². The second kappa shape index (κ2) is 5.70. The topological polar surface area (TPSA) is 42.7 Å². The molecule has 0 aliphatic heterocycles. The van der Waals surface area contributed by atoms with E-state index in [-0.39, 0.29) is 5.28 Å². The molecule has 2 heterocycles. The van der Waals surface area contributed by atoms with Gasteiger partial charge in [-0.15, -0.1) is 0 Å². The zero-order chi connectivity index (χ0) is 15.8. The molecule has 5 heteroatoms. The van der Waals surface area contributed by atoms with E-state index in [0.29, 0.717) is 5.82 Å². The first-order valence-corrected chi connectivity index (χ1v) is 8.21. The molecule has 0 bridgehead atoms. The van der Waals surface area contributed by atoms with Crippen molar-refractivity contribution in [3.05, 3.63) is 53.1 Å². The van der Waals surface area contributed by atoms with Gasteiger partial charge in [-0.2, -0.15) is 0 Å². The number of nitrogens with zero attached hydrogens (tertiary/aromatic N) is 3. The molecule has 0 atom stereocenters. The Balaban J connectivity index is 1.80. The molecule has 0 fully saturated rings. The molecule has 0 radical (unpaired) electrons. The fourth-order valence-corrected chi connectivity index (χ4v) is 3.45. The lowest BCUT2D eigenvalue weighted by molar-refractivity contribution is 0.729. The van der Waals surface area contributed by atoms with Gasteiger partial charge in [0.15, 0.2) is 0 Å². The van der Waals surface area contributed by atoms with Gasteiger partial charge in [0.25, 0.3) is 0 Å². The van der Waals surface area contributed by atoms with Crippen LogP contribution in [0.4, 0.5) is 11.5 Å². The number of benzene rings is 1. The highest BCUT2D eigenvalue weighted by molar-refractivity contribution is 6.28. The highest BCUT2D eigenvalue weighted by Gasteiger charge is 2.16. The molecule has 1 aromatic carbocycles. The van der Waals surface area contributed by atoms with Crippen LogP contribution in [0.1, 0.15) is 24.6 Å². The highest BCUT2D eigenvalue weighted by atomic mass is 35.5. The zero-order valence-corrected chi connectivity index (χ0v) is 13.6. The maximum Gasteiger partial charge on any atom is 0.224 e. The van der Waals surface area contributed by atoms with E-state index in [1.165, 1.54) is 22.2 Å². The molecule has 0 saturated carbocycles. The number of aryl methyl sites for hydroxylation is 1. The molecule has 2 aromatic heterocycles. The minimum absolute atomic E-state index is 0.244. The third kappa shape index (κ3) is 2.49. The number of allylic oxidation sites excluding steroid dienone is 1. The summed E-state index contributed by atoms with van der Waals surface area (Å²) in [5, 5.41) is 4.83. The number of nitrogens with one attached hydrogen (secondary N) is 1. The van der Waals surface area contributed by atoms with Crippen molar-refractivity contribution in [1.82, 2.24) is 14.5 Å². The SMILES string of the molecule is CCn1c2c(c3cc(Nc4ccnc(Cl)n4)ccc31)C=CCC2. The number of fused-ring (bicyclic) bond motifs is 3. The number of hydrogen-bond donors (Lipinski definition) is 1. The van der Waals surface area contributed by atoms with E-state index < -0.39 is 0 Å². The molecule has 1 aliphatic carbocycles. The molecule has 1 aliphatic rings. The van der Waals surface area contributed by atoms with Crippen LogP contribution in [-0.2, 0) is 13.0 Å². The Morgan fingerprint density at radius 2 is 2.22 bits per heavy atom. The standard InChI is InChI=1S/C18H17ClN4/c1-2-23-15-6-4-3-5-13(15)14-11-12(7-8-16(14)23)21-17-9-10-20-18(19)22-17/h3,5,7-11H,2,4,6H2,1H3,(H,20,21,22). The average Bonchev–Trinajstić information content (AvgIpc) is 2.88. The Hall–Kier alpha value is -2.33. The van der Waals surface area contributed by atoms with E-state index in [0.717, 1.165) is 25.1 Å². The van der Waals surface area contributed by atoms with Crippen molar-refractivity contribution in [3.8, 4) is 0 Å². The minimum Gasteiger partial charge on any atom is -0.344 e. The van der Waals surface area contributed by atoms with Gasteiger partial charge in [0.05, 0.1) is 0 Å². The van der Waals surface area contributed by atoms with Gasteiger partial charge in [0, 0.05) is 40.6 Å². The van der Waals surface area contributed by atoms with E-state index in [9.17, 15) is 0 Å². The fraction of sp³-hybridized carbons (Fsp3) is 0.222. The van der Waals surface area contributed by atoms with Gasteiger partial charge in [0.2, 0.25) is 5.28 Å². The number of rotatable bonds is 3. The predicted molar refractivity (Wildman–Crippen MR) is 95.3 cm³/mol. The van der Waals surface area contributed by atoms with Gasteiger partial charge in [-0.3, -0.25) is 0 Å². The minimum atomic E-state index is 0.244. The number of halogens is 1. The Morgan fingerprint density at radius 3 is 3.04 bits per heavy atom. The summed E-state index contributed by atoms with van der Waals surface area (Å²) in [5.41, 5.74) is 5.07. The Kier molecular flexibility index (Phi) is 3.54. The monoisotopic (exact) mass is 324 g/mol. The molecular formula is C18H17ClN4. The van der Waals surface area contributed by atoms with Crippen molar-refractivity contribution in [3.63, 3.8) is 0 Å². The highest BCUT2D eigenvalue weighted by Crippen LogP contribution is 2.33. The number of anilines is 2. The van der Waals surface area contributed by atoms with Crippen molar-refractivity contribution in [2.45, 2.75) is 26.3 Å². The van der Waals surface area contributed by atoms with Gasteiger partial charge >= 0.3 is 0 Å². The van der Waals surface area contributed by atoms with Gasteiger partial charge in [-0.25, -0.2) is 9.97 Å². The van der Waals surface area contributed by atoms with Crippen LogP contribution in [-0.4, -0.2) is 14.5 Å². The molecule has 0 amide bonds. The third-order valence-electron chi connectivity index (χ3n) is 4.26. The van der Waals surface area contributed by atoms with Crippen LogP contribution in [0.5, 0.6) is 0 Å². The van der Waals surface area contributed by atoms with E-state index in [4.69, 9.17) is 11.6 Å². The number of hydrogen-bond acceptors (Lipinski definition) is 3. The summed E-state index contributed by atoms with van der Waals surface area (Å²) in [6.45, 7) is 3.20. The summed E-state index contributed by atoms with van der Waals surface area (Å²) in [5.74, 6) is 0.698. The molecule has 23 heavy (non-hydrogen) atoms. The lowest BCUT2D eigenvalue weighted by Gasteiger charge is -2.10. The van der Waals surface area contributed by atoms with Crippen LogP contribution in [0.2, 0.25) is 5.28 Å². The van der Waals surface area contributed by atoms with Crippen molar-refractivity contribution in [2.75, 3.05) is 5.32 Å². The molecule has 4 rings (SSSR count). The van der Waals surface area contributed by atoms with Crippen LogP contribution in [0.25, 0.3) is 17.0 Å². The van der Waals surface area contributed by atoms with Gasteiger partial charge in [-0.05, 0) is 55.6 Å². The van der Waals surface area contributed by atoms with Crippen LogP contribution >= 0.6 is 11.6 Å². The smallest absolute Gasteiger partial charge is 0.224 e. The summed E-state index contributed by atoms with van der Waals surface area (Å²) >= 11 is 5.85. The molecule has 3 aromatic rings. The van der Waals surface area contributed by atoms with E-state index >= 15 is 0 Å². The van der Waals surface area contributed by atoms with Crippen LogP contribution in [0, 0.1) is 0 Å². The second-order valence-corrected chi connectivity index (χ2v) is 5.95. The molecule has 0 unspecified atom stereocenters. The predicted octanol–water partition coefficient (Wildman–Crippen LogP) is 4.81. The molecule has 1 N–H and O–H groups in total. The summed E-state index contributed by atoms with van der Waals surface area (Å²) in [6, 6.07) is 8.25. The van der Waals surface area contributed by atoms with E-state index in [1.54, 1.807) is 6.20 Å². The Morgan fingerprint density at radius 1 is 1.30 bits per heavy atom. The molecule has 0 saturated heterocycles. The Labute approximate surface area is 139 Å². The summed E-state index contributed by atoms with van der Waals surface area (Å²) < 4.78 is 2.42. The van der Waals surface area contributed by atoms with Crippen LogP contribution in [0.3, 0.4) is 0 Å². The largest absolute Gasteiger partial charge is 0.344 e. The zero-order valence-electron chi connectivity index (χ0n) is 12.9. The summed E-state index contributed by atoms with van der Waals surface area (Å²) in [7, 11) is 0. The fourth-order valence-electron chi connectivity index (χ4n) is 3.30. The summed E-state index contributed by atoms with van der Waals surface area (Å²) in [6.07, 6.45) is 8.38. The Bertz CT molecular complexity index is 911. The molecular weight excluding hydrogens is 308 g/mol. The second-order valence-electron chi connectivity index (χ2n) is 5.61. The molecule has 116 valence electrons. The third-order valence-corrected chi connectivity index (χ3v) is 4.44. The average molecular weight is 325 g/mol. The summed E-state index contributed by atoms with van der Waals surface area (Å²) in [4.78, 5) is 8.09. The van der Waals surface area contributed by atoms with Gasteiger partial charge in [-0.1, -0.05) is 12.2 Å². The molecule has 0 spiro atoms. The first-order chi connectivity index (χ1) is 11.3. The maximum atomic E-state index is 5.85.